The Morgan fingerprint density at radius 1 is 1.00 bits per heavy atom. The van der Waals surface area contributed by atoms with Crippen LogP contribution in [-0.2, 0) is 13.0 Å². The van der Waals surface area contributed by atoms with Gasteiger partial charge >= 0.3 is 6.03 Å². The van der Waals surface area contributed by atoms with Crippen LogP contribution in [0, 0.1) is 5.92 Å². The van der Waals surface area contributed by atoms with Crippen LogP contribution in [0.4, 0.5) is 16.3 Å². The van der Waals surface area contributed by atoms with E-state index in [2.05, 4.69) is 29.3 Å². The fourth-order valence-corrected chi connectivity index (χ4v) is 4.86. The summed E-state index contributed by atoms with van der Waals surface area (Å²) in [5.74, 6) is 3.66. The molecule has 2 aromatic carbocycles. The molecule has 2 aliphatic heterocycles. The van der Waals surface area contributed by atoms with E-state index in [0.29, 0.717) is 42.6 Å². The van der Waals surface area contributed by atoms with Gasteiger partial charge in [0.1, 0.15) is 17.3 Å². The van der Waals surface area contributed by atoms with Crippen molar-refractivity contribution in [3.63, 3.8) is 0 Å². The Morgan fingerprint density at radius 3 is 2.50 bits per heavy atom. The van der Waals surface area contributed by atoms with Gasteiger partial charge in [-0.25, -0.2) is 14.8 Å². The number of ether oxygens (including phenoxy) is 2. The van der Waals surface area contributed by atoms with E-state index >= 15 is 0 Å². The largest absolute Gasteiger partial charge is 0.497 e. The maximum Gasteiger partial charge on any atom is 0.322 e. The van der Waals surface area contributed by atoms with E-state index < -0.39 is 0 Å². The molecule has 36 heavy (non-hydrogen) atoms. The van der Waals surface area contributed by atoms with Crippen molar-refractivity contribution < 1.29 is 14.3 Å². The first-order valence-electron chi connectivity index (χ1n) is 12.5. The zero-order valence-electron chi connectivity index (χ0n) is 21.2. The molecule has 0 bridgehead atoms. The van der Waals surface area contributed by atoms with E-state index in [1.54, 1.807) is 32.4 Å². The summed E-state index contributed by atoms with van der Waals surface area (Å²) < 4.78 is 10.7. The van der Waals surface area contributed by atoms with E-state index in [1.807, 2.05) is 23.1 Å². The fraction of sp³-hybridized carbons (Fsp3) is 0.393. The highest BCUT2D eigenvalue weighted by Crippen LogP contribution is 2.33. The molecule has 8 heteroatoms. The van der Waals surface area contributed by atoms with Crippen LogP contribution in [0.25, 0.3) is 11.4 Å². The molecule has 188 valence electrons. The van der Waals surface area contributed by atoms with Gasteiger partial charge in [-0.3, -0.25) is 0 Å². The molecule has 8 nitrogen and oxygen atoms in total. The average Bonchev–Trinajstić information content (AvgIpc) is 2.93. The van der Waals surface area contributed by atoms with Crippen LogP contribution in [0.2, 0.25) is 0 Å². The monoisotopic (exact) mass is 487 g/mol. The SMILES string of the molecule is COc1ccc(NC(=O)N2CCc3nc(-c4ccccc4)nc(N4CCC(C)CC4)c3C2)c(OC)c1. The first kappa shape index (κ1) is 23.9. The minimum Gasteiger partial charge on any atom is -0.497 e. The molecule has 1 fully saturated rings. The molecular weight excluding hydrogens is 454 g/mol. The summed E-state index contributed by atoms with van der Waals surface area (Å²) in [6.45, 7) is 5.29. The van der Waals surface area contributed by atoms with Crippen molar-refractivity contribution >= 4 is 17.5 Å². The molecule has 0 atom stereocenters. The third kappa shape index (κ3) is 4.94. The lowest BCUT2D eigenvalue weighted by atomic mass is 9.98. The van der Waals surface area contributed by atoms with Gasteiger partial charge in [0.25, 0.3) is 0 Å². The van der Waals surface area contributed by atoms with Gasteiger partial charge in [-0.05, 0) is 30.9 Å². The summed E-state index contributed by atoms with van der Waals surface area (Å²) in [5, 5.41) is 3.01. The predicted octanol–water partition coefficient (Wildman–Crippen LogP) is 4.99. The van der Waals surface area contributed by atoms with Crippen LogP contribution >= 0.6 is 0 Å². The molecular formula is C28H33N5O3. The second-order valence-corrected chi connectivity index (χ2v) is 9.50. The summed E-state index contributed by atoms with van der Waals surface area (Å²) in [4.78, 5) is 27.5. The standard InChI is InChI=1S/C28H33N5O3/c1-19-11-14-32(15-12-19)27-22-18-33(28(34)30-24-10-9-21(35-2)17-25(24)36-3)16-13-23(22)29-26(31-27)20-7-5-4-6-8-20/h4-10,17,19H,11-16,18H2,1-3H3,(H,30,34). The summed E-state index contributed by atoms with van der Waals surface area (Å²) in [6.07, 6.45) is 2.96. The van der Waals surface area contributed by atoms with Gasteiger partial charge in [0, 0.05) is 43.2 Å². The number of hydrogen-bond acceptors (Lipinski definition) is 6. The molecule has 2 aliphatic rings. The van der Waals surface area contributed by atoms with Crippen molar-refractivity contribution in [3.05, 3.63) is 59.8 Å². The van der Waals surface area contributed by atoms with Crippen LogP contribution in [0.5, 0.6) is 11.5 Å². The topological polar surface area (TPSA) is 79.8 Å². The van der Waals surface area contributed by atoms with Crippen molar-refractivity contribution in [2.75, 3.05) is 44.1 Å². The first-order valence-corrected chi connectivity index (χ1v) is 12.5. The quantitative estimate of drug-likeness (QED) is 0.546. The number of nitrogens with zero attached hydrogens (tertiary/aromatic N) is 4. The molecule has 0 spiro atoms. The lowest BCUT2D eigenvalue weighted by Crippen LogP contribution is -2.41. The Bertz CT molecular complexity index is 1230. The number of carbonyl (C=O) groups is 1. The van der Waals surface area contributed by atoms with E-state index in [1.165, 1.54) is 0 Å². The highest BCUT2D eigenvalue weighted by molar-refractivity contribution is 5.91. The van der Waals surface area contributed by atoms with E-state index in [-0.39, 0.29) is 6.03 Å². The summed E-state index contributed by atoms with van der Waals surface area (Å²) in [6, 6.07) is 15.3. The van der Waals surface area contributed by atoms with E-state index in [0.717, 1.165) is 54.4 Å². The molecule has 1 saturated heterocycles. The number of anilines is 2. The van der Waals surface area contributed by atoms with Crippen molar-refractivity contribution in [2.24, 2.45) is 5.92 Å². The molecule has 0 aliphatic carbocycles. The zero-order valence-corrected chi connectivity index (χ0v) is 21.2. The second kappa shape index (κ2) is 10.4. The molecule has 0 saturated carbocycles. The molecule has 3 heterocycles. The molecule has 5 rings (SSSR count). The Hall–Kier alpha value is -3.81. The summed E-state index contributed by atoms with van der Waals surface area (Å²) in [7, 11) is 3.18. The van der Waals surface area contributed by atoms with Gasteiger partial charge in [-0.2, -0.15) is 0 Å². The highest BCUT2D eigenvalue weighted by Gasteiger charge is 2.29. The summed E-state index contributed by atoms with van der Waals surface area (Å²) in [5.41, 5.74) is 3.70. The third-order valence-electron chi connectivity index (χ3n) is 7.09. The highest BCUT2D eigenvalue weighted by atomic mass is 16.5. The van der Waals surface area contributed by atoms with Gasteiger partial charge in [0.15, 0.2) is 5.82 Å². The molecule has 3 aromatic rings. The van der Waals surface area contributed by atoms with E-state index in [4.69, 9.17) is 19.4 Å². The van der Waals surface area contributed by atoms with E-state index in [9.17, 15) is 4.79 Å². The average molecular weight is 488 g/mol. The minimum atomic E-state index is -0.172. The zero-order chi connectivity index (χ0) is 25.1. The number of fused-ring (bicyclic) bond motifs is 1. The second-order valence-electron chi connectivity index (χ2n) is 9.50. The van der Waals surface area contributed by atoms with Crippen LogP contribution in [-0.4, -0.2) is 54.8 Å². The fourth-order valence-electron chi connectivity index (χ4n) is 4.86. The maximum atomic E-state index is 13.3. The van der Waals surface area contributed by atoms with Crippen LogP contribution in [0.1, 0.15) is 31.0 Å². The van der Waals surface area contributed by atoms with Gasteiger partial charge in [-0.15, -0.1) is 0 Å². The normalized spacial score (nSPS) is 15.9. The van der Waals surface area contributed by atoms with Crippen molar-refractivity contribution in [1.82, 2.24) is 14.9 Å². The minimum absolute atomic E-state index is 0.172. The number of benzene rings is 2. The number of piperidine rings is 1. The Labute approximate surface area is 212 Å². The number of methoxy groups -OCH3 is 2. The van der Waals surface area contributed by atoms with Crippen LogP contribution < -0.4 is 19.7 Å². The molecule has 0 radical (unpaired) electrons. The molecule has 1 N–H and O–H groups in total. The Morgan fingerprint density at radius 2 is 1.78 bits per heavy atom. The Kier molecular flexibility index (Phi) is 6.93. The van der Waals surface area contributed by atoms with Gasteiger partial charge in [-0.1, -0.05) is 37.3 Å². The van der Waals surface area contributed by atoms with Gasteiger partial charge in [0.05, 0.1) is 32.1 Å². The predicted molar refractivity (Wildman–Crippen MR) is 141 cm³/mol. The van der Waals surface area contributed by atoms with Crippen LogP contribution in [0.3, 0.4) is 0 Å². The molecule has 2 amide bonds. The van der Waals surface area contributed by atoms with Crippen molar-refractivity contribution in [3.8, 4) is 22.9 Å². The lowest BCUT2D eigenvalue weighted by Gasteiger charge is -2.36. The Balaban J connectivity index is 1.43. The third-order valence-corrected chi connectivity index (χ3v) is 7.09. The number of aromatic nitrogens is 2. The van der Waals surface area contributed by atoms with Crippen LogP contribution in [0.15, 0.2) is 48.5 Å². The first-order chi connectivity index (χ1) is 17.6. The lowest BCUT2D eigenvalue weighted by molar-refractivity contribution is 0.205. The molecule has 0 unspecified atom stereocenters. The smallest absolute Gasteiger partial charge is 0.322 e. The number of hydrogen-bond donors (Lipinski definition) is 1. The molecule has 1 aromatic heterocycles. The van der Waals surface area contributed by atoms with Crippen molar-refractivity contribution in [1.29, 1.82) is 0 Å². The van der Waals surface area contributed by atoms with Crippen molar-refractivity contribution in [2.45, 2.75) is 32.7 Å². The van der Waals surface area contributed by atoms with Gasteiger partial charge < -0.3 is 24.6 Å². The number of urea groups is 1. The number of carbonyl (C=O) groups excluding carboxylic acids is 1. The van der Waals surface area contributed by atoms with Gasteiger partial charge in [0.2, 0.25) is 0 Å². The number of amides is 2. The maximum absolute atomic E-state index is 13.3. The summed E-state index contributed by atoms with van der Waals surface area (Å²) >= 11 is 0. The number of rotatable bonds is 5. The number of nitrogens with one attached hydrogen (secondary N) is 1.